The summed E-state index contributed by atoms with van der Waals surface area (Å²) in [5, 5.41) is 3.25. The molecule has 1 amide bonds. The average Bonchev–Trinajstić information content (AvgIpc) is 2.80. The van der Waals surface area contributed by atoms with Crippen LogP contribution in [0.4, 0.5) is 5.69 Å². The maximum absolute atomic E-state index is 13.3. The zero-order valence-corrected chi connectivity index (χ0v) is 21.2. The van der Waals surface area contributed by atoms with Gasteiger partial charge in [0.1, 0.15) is 0 Å². The molecule has 1 unspecified atom stereocenters. The van der Waals surface area contributed by atoms with Crippen LogP contribution in [0.25, 0.3) is 0 Å². The number of hydrogen-bond acceptors (Lipinski definition) is 2. The summed E-state index contributed by atoms with van der Waals surface area (Å²) in [6.07, 6.45) is 12.4. The number of allylic oxidation sites excluding steroid dienone is 7. The predicted molar refractivity (Wildman–Crippen MR) is 141 cm³/mol. The first kappa shape index (κ1) is 27.2. The van der Waals surface area contributed by atoms with Gasteiger partial charge in [-0.2, -0.15) is 0 Å². The van der Waals surface area contributed by atoms with Gasteiger partial charge in [-0.1, -0.05) is 64.5 Å². The Morgan fingerprint density at radius 3 is 2.41 bits per heavy atom. The molecule has 0 aliphatic heterocycles. The van der Waals surface area contributed by atoms with Crippen molar-refractivity contribution in [3.05, 3.63) is 89.3 Å². The van der Waals surface area contributed by atoms with Crippen molar-refractivity contribution in [3.8, 4) is 0 Å². The second kappa shape index (κ2) is 13.6. The van der Waals surface area contributed by atoms with Crippen LogP contribution in [0.3, 0.4) is 0 Å². The highest BCUT2D eigenvalue weighted by Gasteiger charge is 2.19. The zero-order valence-electron chi connectivity index (χ0n) is 21.2. The molecule has 1 rings (SSSR count). The van der Waals surface area contributed by atoms with E-state index in [0.717, 1.165) is 40.9 Å². The van der Waals surface area contributed by atoms with Gasteiger partial charge >= 0.3 is 0 Å². The van der Waals surface area contributed by atoms with E-state index in [9.17, 15) is 4.79 Å². The molecule has 0 saturated heterocycles. The summed E-state index contributed by atoms with van der Waals surface area (Å²) in [5.41, 5.74) is 7.29. The lowest BCUT2D eigenvalue weighted by atomic mass is 9.88. The number of benzene rings is 1. The van der Waals surface area contributed by atoms with Crippen LogP contribution >= 0.6 is 0 Å². The van der Waals surface area contributed by atoms with E-state index in [0.29, 0.717) is 5.56 Å². The van der Waals surface area contributed by atoms with Gasteiger partial charge in [0.2, 0.25) is 0 Å². The molecule has 0 aliphatic rings. The summed E-state index contributed by atoms with van der Waals surface area (Å²) in [6, 6.07) is 5.90. The molecule has 0 aromatic heterocycles. The summed E-state index contributed by atoms with van der Waals surface area (Å²) >= 11 is 0. The fourth-order valence-electron chi connectivity index (χ4n) is 3.65. The molecule has 0 saturated carbocycles. The molecule has 0 heterocycles. The number of carbonyl (C=O) groups is 1. The minimum absolute atomic E-state index is 0.0191. The second-order valence-corrected chi connectivity index (χ2v) is 8.37. The van der Waals surface area contributed by atoms with Gasteiger partial charge in [-0.05, 0) is 80.8 Å². The molecule has 0 aliphatic carbocycles. The van der Waals surface area contributed by atoms with Gasteiger partial charge in [-0.15, -0.1) is 0 Å². The Kier molecular flexibility index (Phi) is 11.5. The van der Waals surface area contributed by atoms with Crippen molar-refractivity contribution in [2.24, 2.45) is 0 Å². The number of hydrogen-bond donors (Lipinski definition) is 1. The largest absolute Gasteiger partial charge is 0.362 e. The maximum atomic E-state index is 13.3. The van der Waals surface area contributed by atoms with E-state index in [1.165, 1.54) is 18.4 Å². The highest BCUT2D eigenvalue weighted by atomic mass is 16.2. The van der Waals surface area contributed by atoms with Gasteiger partial charge in [0.25, 0.3) is 5.91 Å². The summed E-state index contributed by atoms with van der Waals surface area (Å²) in [4.78, 5) is 15.0. The number of nitrogens with zero attached hydrogens (tertiary/aromatic N) is 1. The molecule has 0 spiro atoms. The lowest BCUT2D eigenvalue weighted by Crippen LogP contribution is -2.25. The monoisotopic (exact) mass is 434 g/mol. The van der Waals surface area contributed by atoms with E-state index in [1.807, 2.05) is 58.2 Å². The molecule has 174 valence electrons. The Hall–Kier alpha value is -2.81. The van der Waals surface area contributed by atoms with E-state index >= 15 is 0 Å². The molecule has 1 aromatic carbocycles. The van der Waals surface area contributed by atoms with Crippen LogP contribution in [0.1, 0.15) is 89.1 Å². The minimum atomic E-state index is -0.0191. The van der Waals surface area contributed by atoms with E-state index in [1.54, 1.807) is 11.1 Å². The molecular formula is C29H42N2O. The Morgan fingerprint density at radius 2 is 1.84 bits per heavy atom. The van der Waals surface area contributed by atoms with Crippen molar-refractivity contribution < 1.29 is 4.79 Å². The average molecular weight is 435 g/mol. The number of rotatable bonds is 12. The van der Waals surface area contributed by atoms with Crippen molar-refractivity contribution in [1.29, 1.82) is 0 Å². The standard InChI is InChI=1S/C29H42N2O/c1-10-14-15-16-25(12-3)24(8)27-20-26(17-18-28(27)30-13-4)29(32)31(9)23(7)19-22(6)21(5)11-2/h11,13,16-20,24,30H,2,4,10,12,14-15H2,1,3,5-9H3/b22-21-,23-19+,25-16+. The topological polar surface area (TPSA) is 32.3 Å². The van der Waals surface area contributed by atoms with E-state index in [2.05, 4.69) is 45.3 Å². The van der Waals surface area contributed by atoms with Crippen LogP contribution in [0, 0.1) is 0 Å². The Balaban J connectivity index is 3.35. The van der Waals surface area contributed by atoms with Gasteiger partial charge in [0.05, 0.1) is 0 Å². The summed E-state index contributed by atoms with van der Waals surface area (Å²) < 4.78 is 0. The molecule has 3 heteroatoms. The van der Waals surface area contributed by atoms with Crippen LogP contribution in [0.5, 0.6) is 0 Å². The smallest absolute Gasteiger partial charge is 0.257 e. The van der Waals surface area contributed by atoms with Crippen molar-refractivity contribution >= 4 is 11.6 Å². The predicted octanol–water partition coefficient (Wildman–Crippen LogP) is 8.37. The molecule has 0 radical (unpaired) electrons. The van der Waals surface area contributed by atoms with Gasteiger partial charge in [0, 0.05) is 29.9 Å². The Bertz CT molecular complexity index is 902. The molecule has 0 fully saturated rings. The second-order valence-electron chi connectivity index (χ2n) is 8.37. The van der Waals surface area contributed by atoms with Gasteiger partial charge in [0.15, 0.2) is 0 Å². The first-order valence-electron chi connectivity index (χ1n) is 11.7. The Morgan fingerprint density at radius 1 is 1.16 bits per heavy atom. The molecule has 3 nitrogen and oxygen atoms in total. The highest BCUT2D eigenvalue weighted by Crippen LogP contribution is 2.33. The first-order valence-corrected chi connectivity index (χ1v) is 11.7. The van der Waals surface area contributed by atoms with Crippen molar-refractivity contribution in [3.63, 3.8) is 0 Å². The number of unbranched alkanes of at least 4 members (excludes halogenated alkanes) is 2. The Labute approximate surface area is 196 Å². The van der Waals surface area contributed by atoms with Gasteiger partial charge in [-0.3, -0.25) is 4.79 Å². The lowest BCUT2D eigenvalue weighted by Gasteiger charge is -2.23. The third-order valence-corrected chi connectivity index (χ3v) is 6.14. The minimum Gasteiger partial charge on any atom is -0.362 e. The van der Waals surface area contributed by atoms with Crippen LogP contribution in [0.15, 0.2) is 78.2 Å². The van der Waals surface area contributed by atoms with E-state index < -0.39 is 0 Å². The lowest BCUT2D eigenvalue weighted by molar-refractivity contribution is 0.0836. The number of carbonyl (C=O) groups excluding carboxylic acids is 1. The molecule has 1 aromatic rings. The first-order chi connectivity index (χ1) is 15.2. The quantitative estimate of drug-likeness (QED) is 0.203. The maximum Gasteiger partial charge on any atom is 0.257 e. The fraction of sp³-hybridized carbons (Fsp3) is 0.414. The van der Waals surface area contributed by atoms with Crippen LogP contribution in [-0.4, -0.2) is 17.9 Å². The van der Waals surface area contributed by atoms with Crippen molar-refractivity contribution in [2.45, 2.75) is 73.1 Å². The SMILES string of the molecule is C=CNc1ccc(C(=O)N(C)/C(C)=C/C(C)=C(/C)C=C)cc1C(C)/C(=C/CCCC)CC. The third-order valence-electron chi connectivity index (χ3n) is 6.14. The van der Waals surface area contributed by atoms with Gasteiger partial charge < -0.3 is 10.2 Å². The number of nitrogens with one attached hydrogen (secondary N) is 1. The molecule has 1 N–H and O–H groups in total. The summed E-state index contributed by atoms with van der Waals surface area (Å²) in [6.45, 7) is 20.3. The number of amides is 1. The molecule has 0 bridgehead atoms. The van der Waals surface area contributed by atoms with E-state index in [-0.39, 0.29) is 11.8 Å². The molecule has 32 heavy (non-hydrogen) atoms. The summed E-state index contributed by atoms with van der Waals surface area (Å²) in [7, 11) is 1.83. The zero-order chi connectivity index (χ0) is 24.3. The normalized spacial score (nSPS) is 13.8. The van der Waals surface area contributed by atoms with E-state index in [4.69, 9.17) is 0 Å². The van der Waals surface area contributed by atoms with Crippen LogP contribution in [0.2, 0.25) is 0 Å². The third kappa shape index (κ3) is 7.40. The van der Waals surface area contributed by atoms with Gasteiger partial charge in [-0.25, -0.2) is 0 Å². The summed E-state index contributed by atoms with van der Waals surface area (Å²) in [5.74, 6) is 0.198. The molecule has 1 atom stereocenters. The van der Waals surface area contributed by atoms with Crippen molar-refractivity contribution in [2.75, 3.05) is 12.4 Å². The van der Waals surface area contributed by atoms with Crippen molar-refractivity contribution in [1.82, 2.24) is 4.90 Å². The molecular weight excluding hydrogens is 392 g/mol. The highest BCUT2D eigenvalue weighted by molar-refractivity contribution is 5.96. The fourth-order valence-corrected chi connectivity index (χ4v) is 3.65. The number of anilines is 1. The van der Waals surface area contributed by atoms with Crippen LogP contribution < -0.4 is 5.32 Å². The van der Waals surface area contributed by atoms with Crippen LogP contribution in [-0.2, 0) is 0 Å².